The highest BCUT2D eigenvalue weighted by molar-refractivity contribution is 7.15. The lowest BCUT2D eigenvalue weighted by atomic mass is 9.88. The van der Waals surface area contributed by atoms with Crippen molar-refractivity contribution in [3.8, 4) is 0 Å². The largest absolute Gasteiger partial charge is 0.302 e. The molecule has 0 radical (unpaired) electrons. The van der Waals surface area contributed by atoms with Crippen LogP contribution in [0.15, 0.2) is 60.7 Å². The number of hydrogen-bond acceptors (Lipinski definition) is 3. The Bertz CT molecular complexity index is 797. The number of thiazole rings is 1. The summed E-state index contributed by atoms with van der Waals surface area (Å²) in [7, 11) is 0. The van der Waals surface area contributed by atoms with Gasteiger partial charge in [-0.25, -0.2) is 4.98 Å². The molecule has 2 aromatic carbocycles. The molecule has 0 unspecified atom stereocenters. The zero-order chi connectivity index (χ0) is 17.1. The van der Waals surface area contributed by atoms with Crippen molar-refractivity contribution in [3.05, 3.63) is 82.4 Å². The summed E-state index contributed by atoms with van der Waals surface area (Å²) in [6, 6.07) is 20.4. The zero-order valence-electron chi connectivity index (χ0n) is 13.9. The minimum absolute atomic E-state index is 0.0186. The van der Waals surface area contributed by atoms with Crippen molar-refractivity contribution >= 4 is 22.4 Å². The van der Waals surface area contributed by atoms with Crippen LogP contribution in [0.2, 0.25) is 0 Å². The van der Waals surface area contributed by atoms with E-state index in [1.807, 2.05) is 36.4 Å². The Morgan fingerprint density at radius 2 is 1.64 bits per heavy atom. The number of carbonyl (C=O) groups is 1. The maximum atomic E-state index is 12.7. The summed E-state index contributed by atoms with van der Waals surface area (Å²) in [5.74, 6) is 0.0688. The maximum absolute atomic E-state index is 12.7. The van der Waals surface area contributed by atoms with Gasteiger partial charge < -0.3 is 5.32 Å². The Morgan fingerprint density at radius 1 is 1.00 bits per heavy atom. The molecule has 0 bridgehead atoms. The predicted molar refractivity (Wildman–Crippen MR) is 102 cm³/mol. The fourth-order valence-electron chi connectivity index (χ4n) is 3.40. The number of carbonyl (C=O) groups excluding carboxylic acids is 1. The summed E-state index contributed by atoms with van der Waals surface area (Å²) in [5, 5.41) is 3.75. The highest BCUT2D eigenvalue weighted by atomic mass is 32.1. The highest BCUT2D eigenvalue weighted by Gasteiger charge is 2.21. The maximum Gasteiger partial charge on any atom is 0.227 e. The Hall–Kier alpha value is -2.46. The van der Waals surface area contributed by atoms with E-state index in [1.54, 1.807) is 11.3 Å². The van der Waals surface area contributed by atoms with Gasteiger partial charge in [-0.05, 0) is 30.4 Å². The van der Waals surface area contributed by atoms with E-state index < -0.39 is 0 Å². The van der Waals surface area contributed by atoms with Crippen LogP contribution in [0.5, 0.6) is 0 Å². The van der Waals surface area contributed by atoms with Crippen LogP contribution >= 0.6 is 11.3 Å². The van der Waals surface area contributed by atoms with Crippen LogP contribution in [-0.4, -0.2) is 10.9 Å². The summed E-state index contributed by atoms with van der Waals surface area (Å²) in [5.41, 5.74) is 3.49. The number of aromatic nitrogens is 1. The quantitative estimate of drug-likeness (QED) is 0.720. The number of hydrogen-bond donors (Lipinski definition) is 1. The van der Waals surface area contributed by atoms with Crippen molar-refractivity contribution in [2.24, 2.45) is 0 Å². The van der Waals surface area contributed by atoms with Crippen LogP contribution in [0.1, 0.15) is 40.5 Å². The molecular formula is C21H20N2OS. The first-order chi connectivity index (χ1) is 12.3. The molecule has 1 aliphatic rings. The minimum Gasteiger partial charge on any atom is -0.302 e. The van der Waals surface area contributed by atoms with Gasteiger partial charge in [-0.2, -0.15) is 0 Å². The predicted octanol–water partition coefficient (Wildman–Crippen LogP) is 4.79. The molecule has 1 heterocycles. The van der Waals surface area contributed by atoms with Gasteiger partial charge in [0.25, 0.3) is 0 Å². The summed E-state index contributed by atoms with van der Waals surface area (Å²) in [4.78, 5) is 18.6. The Morgan fingerprint density at radius 3 is 2.24 bits per heavy atom. The van der Waals surface area contributed by atoms with E-state index in [1.165, 1.54) is 17.0 Å². The molecule has 1 aromatic heterocycles. The minimum atomic E-state index is 0.0186. The molecule has 0 saturated carbocycles. The average Bonchev–Trinajstić information content (AvgIpc) is 3.23. The van der Waals surface area contributed by atoms with Crippen LogP contribution in [-0.2, 0) is 17.6 Å². The molecule has 0 fully saturated rings. The number of nitrogens with zero attached hydrogens (tertiary/aromatic N) is 1. The van der Waals surface area contributed by atoms with Crippen molar-refractivity contribution in [1.82, 2.24) is 4.98 Å². The van der Waals surface area contributed by atoms with Gasteiger partial charge >= 0.3 is 0 Å². The molecular weight excluding hydrogens is 328 g/mol. The number of nitrogens with one attached hydrogen (secondary N) is 1. The van der Waals surface area contributed by atoms with Crippen molar-refractivity contribution in [1.29, 1.82) is 0 Å². The van der Waals surface area contributed by atoms with Gasteiger partial charge in [-0.3, -0.25) is 4.79 Å². The van der Waals surface area contributed by atoms with Gasteiger partial charge in [-0.15, -0.1) is 11.3 Å². The lowest BCUT2D eigenvalue weighted by Crippen LogP contribution is -2.16. The molecule has 0 saturated heterocycles. The fourth-order valence-corrected chi connectivity index (χ4v) is 4.46. The first kappa shape index (κ1) is 16.0. The van der Waals surface area contributed by atoms with Gasteiger partial charge in [0.05, 0.1) is 5.69 Å². The second kappa shape index (κ2) is 7.19. The molecule has 3 aromatic rings. The molecule has 1 N–H and O–H groups in total. The van der Waals surface area contributed by atoms with Crippen LogP contribution in [0.4, 0.5) is 5.13 Å². The van der Waals surface area contributed by atoms with E-state index in [-0.39, 0.29) is 11.8 Å². The van der Waals surface area contributed by atoms with Crippen LogP contribution in [0.25, 0.3) is 0 Å². The summed E-state index contributed by atoms with van der Waals surface area (Å²) >= 11 is 1.63. The highest BCUT2D eigenvalue weighted by Crippen LogP contribution is 2.32. The Kier molecular flexibility index (Phi) is 4.61. The third-order valence-corrected chi connectivity index (χ3v) is 5.71. The lowest BCUT2D eigenvalue weighted by Gasteiger charge is -2.17. The number of amides is 1. The van der Waals surface area contributed by atoms with E-state index in [4.69, 9.17) is 0 Å². The van der Waals surface area contributed by atoms with Gasteiger partial charge in [0.1, 0.15) is 0 Å². The number of rotatable bonds is 5. The first-order valence-corrected chi connectivity index (χ1v) is 9.49. The van der Waals surface area contributed by atoms with E-state index in [9.17, 15) is 4.79 Å². The number of aryl methyl sites for hydroxylation is 2. The van der Waals surface area contributed by atoms with Gasteiger partial charge in [0, 0.05) is 17.2 Å². The SMILES string of the molecule is O=C(CC(c1ccccc1)c1ccccc1)Nc1nc2c(s1)CCC2. The molecule has 126 valence electrons. The third kappa shape index (κ3) is 3.64. The van der Waals surface area contributed by atoms with Crippen molar-refractivity contribution in [2.75, 3.05) is 5.32 Å². The average molecular weight is 348 g/mol. The summed E-state index contributed by atoms with van der Waals surface area (Å²) in [6.45, 7) is 0. The Labute approximate surface area is 151 Å². The number of anilines is 1. The summed E-state index contributed by atoms with van der Waals surface area (Å²) < 4.78 is 0. The van der Waals surface area contributed by atoms with Crippen LogP contribution < -0.4 is 5.32 Å². The monoisotopic (exact) mass is 348 g/mol. The molecule has 1 aliphatic carbocycles. The molecule has 1 amide bonds. The molecule has 0 atom stereocenters. The van der Waals surface area contributed by atoms with Gasteiger partial charge in [-0.1, -0.05) is 60.7 Å². The second-order valence-corrected chi connectivity index (χ2v) is 7.45. The molecule has 4 heteroatoms. The zero-order valence-corrected chi connectivity index (χ0v) is 14.8. The topological polar surface area (TPSA) is 42.0 Å². The van der Waals surface area contributed by atoms with Crippen molar-refractivity contribution in [3.63, 3.8) is 0 Å². The Balaban J connectivity index is 1.52. The smallest absolute Gasteiger partial charge is 0.227 e. The first-order valence-electron chi connectivity index (χ1n) is 8.68. The standard InChI is InChI=1S/C21H20N2OS/c24-20(23-21-22-18-12-7-13-19(18)25-21)14-17(15-8-3-1-4-9-15)16-10-5-2-6-11-16/h1-6,8-11,17H,7,12-14H2,(H,22,23,24). The number of benzene rings is 2. The van der Waals surface area contributed by atoms with Crippen molar-refractivity contribution < 1.29 is 4.79 Å². The van der Waals surface area contributed by atoms with E-state index >= 15 is 0 Å². The van der Waals surface area contributed by atoms with Gasteiger partial charge in [0.15, 0.2) is 5.13 Å². The summed E-state index contributed by atoms with van der Waals surface area (Å²) in [6.07, 6.45) is 3.74. The van der Waals surface area contributed by atoms with Crippen LogP contribution in [0.3, 0.4) is 0 Å². The lowest BCUT2D eigenvalue weighted by molar-refractivity contribution is -0.116. The molecule has 0 spiro atoms. The fraction of sp³-hybridized carbons (Fsp3) is 0.238. The normalized spacial score (nSPS) is 13.0. The molecule has 4 rings (SSSR count). The molecule has 25 heavy (non-hydrogen) atoms. The van der Waals surface area contributed by atoms with E-state index in [0.29, 0.717) is 6.42 Å². The number of fused-ring (bicyclic) bond motifs is 1. The molecule has 3 nitrogen and oxygen atoms in total. The van der Waals surface area contributed by atoms with Gasteiger partial charge in [0.2, 0.25) is 5.91 Å². The van der Waals surface area contributed by atoms with E-state index in [2.05, 4.69) is 34.6 Å². The third-order valence-electron chi connectivity index (χ3n) is 4.64. The second-order valence-electron chi connectivity index (χ2n) is 6.37. The van der Waals surface area contributed by atoms with E-state index in [0.717, 1.165) is 29.1 Å². The van der Waals surface area contributed by atoms with Crippen LogP contribution in [0, 0.1) is 0 Å². The molecule has 0 aliphatic heterocycles. The van der Waals surface area contributed by atoms with Crippen molar-refractivity contribution in [2.45, 2.75) is 31.6 Å².